The molecule has 1 amide bonds. The molecular formula is C25H20Cl2F2N4OS. The lowest BCUT2D eigenvalue weighted by Gasteiger charge is -2.16. The molecular weight excluding hydrogens is 513 g/mol. The molecule has 0 bridgehead atoms. The molecule has 35 heavy (non-hydrogen) atoms. The number of hydrogen-bond acceptors (Lipinski definition) is 5. The van der Waals surface area contributed by atoms with Gasteiger partial charge in [-0.05, 0) is 60.0 Å². The van der Waals surface area contributed by atoms with Crippen molar-refractivity contribution in [2.24, 2.45) is 5.41 Å². The van der Waals surface area contributed by atoms with Gasteiger partial charge in [0.25, 0.3) is 0 Å². The molecule has 0 spiro atoms. The highest BCUT2D eigenvalue weighted by atomic mass is 35.5. The Kier molecular flexibility index (Phi) is 7.17. The van der Waals surface area contributed by atoms with Crippen LogP contribution in [0.15, 0.2) is 59.6 Å². The number of carbonyl (C=O) groups excluding carboxylic acids is 1. The average Bonchev–Trinajstić information content (AvgIpc) is 2.77. The van der Waals surface area contributed by atoms with Crippen LogP contribution in [0.5, 0.6) is 0 Å². The van der Waals surface area contributed by atoms with Crippen LogP contribution < -0.4 is 10.0 Å². The van der Waals surface area contributed by atoms with Crippen LogP contribution in [0.2, 0.25) is 10.0 Å². The normalized spacial score (nSPS) is 11.5. The Balaban J connectivity index is 1.62. The minimum Gasteiger partial charge on any atom is -0.323 e. The van der Waals surface area contributed by atoms with Gasteiger partial charge in [-0.1, -0.05) is 50.0 Å². The predicted molar refractivity (Wildman–Crippen MR) is 139 cm³/mol. The van der Waals surface area contributed by atoms with Crippen LogP contribution >= 0.6 is 35.1 Å². The number of fused-ring (bicyclic) bond motifs is 1. The standard InChI is InChI=1S/C25H20Cl2F2N4OS/c1-25(2,3)23(34)32-24-30-12-14-8-13(4-6-19(14)31-24)21-18(28)5-7-20(22(21)29)33-35-17-10-15(26)9-16(27)11-17/h4-12,33H,1-3H3,(H,30,31,32,34). The Labute approximate surface area is 215 Å². The van der Waals surface area contributed by atoms with Crippen LogP contribution in [0.3, 0.4) is 0 Å². The molecule has 4 aromatic rings. The van der Waals surface area contributed by atoms with E-state index in [1.165, 1.54) is 18.3 Å². The first-order valence-corrected chi connectivity index (χ1v) is 12.0. The van der Waals surface area contributed by atoms with Crippen LogP contribution in [-0.4, -0.2) is 15.9 Å². The van der Waals surface area contributed by atoms with Gasteiger partial charge < -0.3 is 4.72 Å². The second kappa shape index (κ2) is 9.97. The predicted octanol–water partition coefficient (Wildman–Crippen LogP) is 7.99. The van der Waals surface area contributed by atoms with Gasteiger partial charge in [-0.3, -0.25) is 10.1 Å². The summed E-state index contributed by atoms with van der Waals surface area (Å²) in [5, 5.41) is 4.13. The van der Waals surface area contributed by atoms with E-state index < -0.39 is 17.0 Å². The number of halogens is 4. The Hall–Kier alpha value is -2.94. The van der Waals surface area contributed by atoms with Crippen molar-refractivity contribution in [1.29, 1.82) is 0 Å². The zero-order valence-corrected chi connectivity index (χ0v) is 21.2. The monoisotopic (exact) mass is 532 g/mol. The minimum atomic E-state index is -0.750. The number of nitrogens with zero attached hydrogens (tertiary/aromatic N) is 2. The second-order valence-electron chi connectivity index (χ2n) is 8.76. The first-order valence-electron chi connectivity index (χ1n) is 10.5. The summed E-state index contributed by atoms with van der Waals surface area (Å²) in [4.78, 5) is 21.4. The van der Waals surface area contributed by atoms with E-state index in [2.05, 4.69) is 20.0 Å². The molecule has 1 heterocycles. The van der Waals surface area contributed by atoms with Crippen molar-refractivity contribution in [3.8, 4) is 11.1 Å². The Bertz CT molecular complexity index is 1420. The molecule has 0 saturated heterocycles. The van der Waals surface area contributed by atoms with Crippen LogP contribution in [0.1, 0.15) is 20.8 Å². The third kappa shape index (κ3) is 5.83. The molecule has 0 radical (unpaired) electrons. The van der Waals surface area contributed by atoms with E-state index in [0.717, 1.165) is 11.9 Å². The zero-order valence-electron chi connectivity index (χ0n) is 18.9. The van der Waals surface area contributed by atoms with Gasteiger partial charge in [-0.2, -0.15) is 0 Å². The van der Waals surface area contributed by atoms with Gasteiger partial charge in [0.05, 0.1) is 16.8 Å². The fourth-order valence-corrected chi connectivity index (χ4v) is 4.55. The topological polar surface area (TPSA) is 66.9 Å². The SMILES string of the molecule is CC(C)(C)C(=O)Nc1ncc2cc(-c3c(F)ccc(NSc4cc(Cl)cc(Cl)c4)c3F)ccc2n1. The lowest BCUT2D eigenvalue weighted by Crippen LogP contribution is -2.28. The Morgan fingerprint density at radius 3 is 2.40 bits per heavy atom. The Morgan fingerprint density at radius 2 is 1.71 bits per heavy atom. The summed E-state index contributed by atoms with van der Waals surface area (Å²) in [6.45, 7) is 5.35. The summed E-state index contributed by atoms with van der Waals surface area (Å²) in [5.41, 5.74) is 0.150. The van der Waals surface area contributed by atoms with E-state index in [1.807, 2.05) is 0 Å². The van der Waals surface area contributed by atoms with Crippen molar-refractivity contribution < 1.29 is 13.6 Å². The molecule has 1 aromatic heterocycles. The maximum absolute atomic E-state index is 15.4. The quantitative estimate of drug-likeness (QED) is 0.255. The lowest BCUT2D eigenvalue weighted by atomic mass is 9.96. The first-order chi connectivity index (χ1) is 16.5. The summed E-state index contributed by atoms with van der Waals surface area (Å²) in [6, 6.07) is 12.2. The average molecular weight is 533 g/mol. The van der Waals surface area contributed by atoms with Gasteiger partial charge in [-0.15, -0.1) is 0 Å². The molecule has 3 aromatic carbocycles. The molecule has 0 unspecified atom stereocenters. The first kappa shape index (κ1) is 25.2. The Morgan fingerprint density at radius 1 is 1.00 bits per heavy atom. The van der Waals surface area contributed by atoms with Crippen molar-refractivity contribution in [2.75, 3.05) is 10.0 Å². The minimum absolute atomic E-state index is 0.0964. The smallest absolute Gasteiger partial charge is 0.232 e. The summed E-state index contributed by atoms with van der Waals surface area (Å²) in [5.74, 6) is -1.52. The maximum Gasteiger partial charge on any atom is 0.232 e. The van der Waals surface area contributed by atoms with E-state index in [-0.39, 0.29) is 23.1 Å². The van der Waals surface area contributed by atoms with E-state index in [4.69, 9.17) is 23.2 Å². The van der Waals surface area contributed by atoms with Gasteiger partial charge in [0.1, 0.15) is 5.82 Å². The van der Waals surface area contributed by atoms with Crippen molar-refractivity contribution in [2.45, 2.75) is 25.7 Å². The van der Waals surface area contributed by atoms with Crippen LogP contribution in [0.25, 0.3) is 22.0 Å². The molecule has 0 saturated carbocycles. The van der Waals surface area contributed by atoms with Crippen LogP contribution in [0.4, 0.5) is 20.4 Å². The van der Waals surface area contributed by atoms with Crippen molar-refractivity contribution in [1.82, 2.24) is 9.97 Å². The van der Waals surface area contributed by atoms with Gasteiger partial charge >= 0.3 is 0 Å². The summed E-state index contributed by atoms with van der Waals surface area (Å²) in [6.07, 6.45) is 1.50. The molecule has 0 aliphatic carbocycles. The number of rotatable bonds is 5. The second-order valence-corrected chi connectivity index (χ2v) is 10.5. The molecule has 0 aliphatic rings. The number of nitrogens with one attached hydrogen (secondary N) is 2. The summed E-state index contributed by atoms with van der Waals surface area (Å²) >= 11 is 13.1. The van der Waals surface area contributed by atoms with Crippen molar-refractivity contribution >= 4 is 63.6 Å². The van der Waals surface area contributed by atoms with Crippen LogP contribution in [-0.2, 0) is 4.79 Å². The maximum atomic E-state index is 15.4. The number of anilines is 2. The van der Waals surface area contributed by atoms with Gasteiger partial charge in [0.15, 0.2) is 5.82 Å². The van der Waals surface area contributed by atoms with E-state index in [1.54, 1.807) is 57.2 Å². The molecule has 5 nitrogen and oxygen atoms in total. The van der Waals surface area contributed by atoms with Gasteiger partial charge in [0.2, 0.25) is 11.9 Å². The third-order valence-corrected chi connectivity index (χ3v) is 6.21. The number of carbonyl (C=O) groups is 1. The van der Waals surface area contributed by atoms with E-state index in [0.29, 0.717) is 31.4 Å². The fourth-order valence-electron chi connectivity index (χ4n) is 3.14. The van der Waals surface area contributed by atoms with E-state index in [9.17, 15) is 9.18 Å². The van der Waals surface area contributed by atoms with Crippen LogP contribution in [0, 0.1) is 17.0 Å². The summed E-state index contributed by atoms with van der Waals surface area (Å²) < 4.78 is 33.0. The molecule has 2 N–H and O–H groups in total. The molecule has 0 fully saturated rings. The number of hydrogen-bond donors (Lipinski definition) is 2. The molecule has 0 atom stereocenters. The summed E-state index contributed by atoms with van der Waals surface area (Å²) in [7, 11) is 0. The highest BCUT2D eigenvalue weighted by molar-refractivity contribution is 8.00. The van der Waals surface area contributed by atoms with E-state index >= 15 is 4.39 Å². The third-order valence-electron chi connectivity index (χ3n) is 4.98. The van der Waals surface area contributed by atoms with Crippen molar-refractivity contribution in [3.05, 3.63) is 76.4 Å². The number of benzene rings is 3. The molecule has 180 valence electrons. The molecule has 10 heteroatoms. The zero-order chi connectivity index (χ0) is 25.3. The highest BCUT2D eigenvalue weighted by Crippen LogP contribution is 2.35. The fraction of sp³-hybridized carbons (Fsp3) is 0.160. The van der Waals surface area contributed by atoms with Crippen molar-refractivity contribution in [3.63, 3.8) is 0 Å². The lowest BCUT2D eigenvalue weighted by molar-refractivity contribution is -0.123. The largest absolute Gasteiger partial charge is 0.323 e. The number of amides is 1. The molecule has 0 aliphatic heterocycles. The highest BCUT2D eigenvalue weighted by Gasteiger charge is 2.22. The molecule has 4 rings (SSSR count). The van der Waals surface area contributed by atoms with Gasteiger partial charge in [0, 0.05) is 31.9 Å². The van der Waals surface area contributed by atoms with Gasteiger partial charge in [-0.25, -0.2) is 18.7 Å². The number of aromatic nitrogens is 2.